The average Bonchev–Trinajstić information content (AvgIpc) is 2.67. The molecule has 6 heteroatoms. The molecule has 0 aliphatic carbocycles. The van der Waals surface area contributed by atoms with Crippen molar-refractivity contribution in [2.24, 2.45) is 0 Å². The van der Waals surface area contributed by atoms with Crippen molar-refractivity contribution in [2.45, 2.75) is 77.6 Å². The highest BCUT2D eigenvalue weighted by molar-refractivity contribution is 5.84. The summed E-state index contributed by atoms with van der Waals surface area (Å²) in [6.45, 7) is 2.93. The van der Waals surface area contributed by atoms with Gasteiger partial charge in [-0.05, 0) is 43.4 Å². The molecule has 1 rings (SSSR count). The number of hydrogen-bond acceptors (Lipinski definition) is 4. The number of benzene rings is 1. The molecule has 0 spiro atoms. The zero-order valence-corrected chi connectivity index (χ0v) is 17.1. The number of rotatable bonds is 15. The van der Waals surface area contributed by atoms with Gasteiger partial charge in [0.15, 0.2) is 0 Å². The van der Waals surface area contributed by atoms with E-state index in [1.165, 1.54) is 24.8 Å². The molecule has 1 aromatic rings. The van der Waals surface area contributed by atoms with Gasteiger partial charge in [-0.2, -0.15) is 0 Å². The van der Waals surface area contributed by atoms with Gasteiger partial charge in [0.25, 0.3) is 0 Å². The van der Waals surface area contributed by atoms with Crippen molar-refractivity contribution in [2.75, 3.05) is 18.5 Å². The summed E-state index contributed by atoms with van der Waals surface area (Å²) in [7, 11) is 0. The van der Waals surface area contributed by atoms with E-state index in [0.29, 0.717) is 6.61 Å². The van der Waals surface area contributed by atoms with Gasteiger partial charge < -0.3 is 14.6 Å². The van der Waals surface area contributed by atoms with Crippen molar-refractivity contribution < 1.29 is 24.2 Å². The van der Waals surface area contributed by atoms with Crippen molar-refractivity contribution >= 4 is 17.9 Å². The molecule has 0 radical (unpaired) electrons. The molecule has 1 aromatic carbocycles. The van der Waals surface area contributed by atoms with Gasteiger partial charge in [0.1, 0.15) is 0 Å². The quantitative estimate of drug-likeness (QED) is 0.266. The molecule has 0 aliphatic rings. The SMILES string of the molecule is CCCCCCCOC(=O)Nc1ccc(CCCCCCCOC(=O)O)cc1. The molecule has 0 fully saturated rings. The summed E-state index contributed by atoms with van der Waals surface area (Å²) in [4.78, 5) is 22.0. The number of unbranched alkanes of at least 4 members (excludes halogenated alkanes) is 8. The highest BCUT2D eigenvalue weighted by atomic mass is 16.7. The summed E-state index contributed by atoms with van der Waals surface area (Å²) < 4.78 is 9.67. The molecule has 28 heavy (non-hydrogen) atoms. The molecule has 0 bridgehead atoms. The Morgan fingerprint density at radius 3 is 2.04 bits per heavy atom. The largest absolute Gasteiger partial charge is 0.505 e. The highest BCUT2D eigenvalue weighted by Gasteiger charge is 2.03. The van der Waals surface area contributed by atoms with Crippen LogP contribution in [-0.4, -0.2) is 30.6 Å². The predicted octanol–water partition coefficient (Wildman–Crippen LogP) is 6.39. The van der Waals surface area contributed by atoms with Crippen LogP contribution in [0.1, 0.15) is 76.7 Å². The van der Waals surface area contributed by atoms with E-state index < -0.39 is 12.2 Å². The molecule has 0 heterocycles. The van der Waals surface area contributed by atoms with Crippen molar-refractivity contribution in [1.29, 1.82) is 0 Å². The molecular formula is C22H35NO5. The van der Waals surface area contributed by atoms with Crippen LogP contribution in [0.5, 0.6) is 0 Å². The van der Waals surface area contributed by atoms with Gasteiger partial charge in [-0.25, -0.2) is 9.59 Å². The van der Waals surface area contributed by atoms with E-state index in [1.54, 1.807) is 0 Å². The molecule has 1 amide bonds. The number of hydrogen-bond donors (Lipinski definition) is 2. The first-order chi connectivity index (χ1) is 13.6. The lowest BCUT2D eigenvalue weighted by Gasteiger charge is -2.08. The van der Waals surface area contributed by atoms with Gasteiger partial charge >= 0.3 is 12.2 Å². The molecule has 0 unspecified atom stereocenters. The molecule has 0 aromatic heterocycles. The third-order valence-electron chi connectivity index (χ3n) is 4.52. The number of nitrogens with one attached hydrogen (secondary N) is 1. The summed E-state index contributed by atoms with van der Waals surface area (Å²) in [6, 6.07) is 7.87. The zero-order valence-electron chi connectivity index (χ0n) is 17.1. The molecule has 0 atom stereocenters. The van der Waals surface area contributed by atoms with Crippen molar-refractivity contribution in [3.63, 3.8) is 0 Å². The van der Waals surface area contributed by atoms with Crippen molar-refractivity contribution in [3.05, 3.63) is 29.8 Å². The van der Waals surface area contributed by atoms with Crippen LogP contribution in [0.4, 0.5) is 15.3 Å². The van der Waals surface area contributed by atoms with Gasteiger partial charge in [0.2, 0.25) is 0 Å². The van der Waals surface area contributed by atoms with E-state index in [0.717, 1.165) is 57.1 Å². The van der Waals surface area contributed by atoms with Gasteiger partial charge in [-0.1, -0.05) is 64.0 Å². The Morgan fingerprint density at radius 1 is 0.821 bits per heavy atom. The average molecular weight is 394 g/mol. The lowest BCUT2D eigenvalue weighted by molar-refractivity contribution is 0.0899. The maximum atomic E-state index is 11.8. The standard InChI is InChI=1S/C22H35NO5/c1-2-3-4-7-10-17-27-21(24)23-20-15-13-19(14-16-20)12-9-6-5-8-11-18-28-22(25)26/h13-16H,2-12,17-18H2,1H3,(H,23,24)(H,25,26). The predicted molar refractivity (Wildman–Crippen MR) is 111 cm³/mol. The monoisotopic (exact) mass is 393 g/mol. The van der Waals surface area contributed by atoms with Gasteiger partial charge in [-0.3, -0.25) is 5.32 Å². The Hall–Kier alpha value is -2.24. The normalized spacial score (nSPS) is 10.5. The number of amides is 1. The lowest BCUT2D eigenvalue weighted by Crippen LogP contribution is -2.14. The van der Waals surface area contributed by atoms with Crippen LogP contribution in [-0.2, 0) is 15.9 Å². The number of anilines is 1. The minimum Gasteiger partial charge on any atom is -0.450 e. The topological polar surface area (TPSA) is 84.9 Å². The fraction of sp³-hybridized carbons (Fsp3) is 0.636. The summed E-state index contributed by atoms with van der Waals surface area (Å²) in [6.07, 6.45) is 10.1. The second-order valence-corrected chi connectivity index (χ2v) is 7.00. The number of ether oxygens (including phenoxy) is 2. The van der Waals surface area contributed by atoms with E-state index in [1.807, 2.05) is 24.3 Å². The van der Waals surface area contributed by atoms with E-state index >= 15 is 0 Å². The van der Waals surface area contributed by atoms with E-state index in [-0.39, 0.29) is 6.61 Å². The lowest BCUT2D eigenvalue weighted by atomic mass is 10.1. The van der Waals surface area contributed by atoms with Crippen LogP contribution in [0.3, 0.4) is 0 Å². The van der Waals surface area contributed by atoms with Crippen LogP contribution >= 0.6 is 0 Å². The molecule has 158 valence electrons. The van der Waals surface area contributed by atoms with Crippen LogP contribution in [0.25, 0.3) is 0 Å². The number of aryl methyl sites for hydroxylation is 1. The van der Waals surface area contributed by atoms with Crippen LogP contribution in [0, 0.1) is 0 Å². The molecule has 0 aliphatic heterocycles. The van der Waals surface area contributed by atoms with Gasteiger partial charge in [-0.15, -0.1) is 0 Å². The maximum Gasteiger partial charge on any atom is 0.505 e. The summed E-state index contributed by atoms with van der Waals surface area (Å²) in [5, 5.41) is 11.1. The smallest absolute Gasteiger partial charge is 0.450 e. The van der Waals surface area contributed by atoms with Crippen LogP contribution in [0.15, 0.2) is 24.3 Å². The van der Waals surface area contributed by atoms with E-state index in [2.05, 4.69) is 17.0 Å². The first-order valence-corrected chi connectivity index (χ1v) is 10.5. The number of carbonyl (C=O) groups excluding carboxylic acids is 1. The second-order valence-electron chi connectivity index (χ2n) is 7.00. The molecule has 6 nitrogen and oxygen atoms in total. The Kier molecular flexibility index (Phi) is 13.4. The number of carbonyl (C=O) groups is 2. The molecular weight excluding hydrogens is 358 g/mol. The molecule has 0 saturated heterocycles. The fourth-order valence-electron chi connectivity index (χ4n) is 2.90. The zero-order chi connectivity index (χ0) is 20.5. The third kappa shape index (κ3) is 13.0. The Bertz CT molecular complexity index is 544. The van der Waals surface area contributed by atoms with E-state index in [9.17, 15) is 9.59 Å². The van der Waals surface area contributed by atoms with Gasteiger partial charge in [0.05, 0.1) is 13.2 Å². The summed E-state index contributed by atoms with van der Waals surface area (Å²) in [5.74, 6) is 0. The van der Waals surface area contributed by atoms with Crippen molar-refractivity contribution in [1.82, 2.24) is 0 Å². The van der Waals surface area contributed by atoms with E-state index in [4.69, 9.17) is 9.84 Å². The van der Waals surface area contributed by atoms with Gasteiger partial charge in [0, 0.05) is 5.69 Å². The summed E-state index contributed by atoms with van der Waals surface area (Å²) >= 11 is 0. The maximum absolute atomic E-state index is 11.8. The highest BCUT2D eigenvalue weighted by Crippen LogP contribution is 2.14. The number of carboxylic acid groups (broad SMARTS) is 1. The Labute approximate surface area is 168 Å². The van der Waals surface area contributed by atoms with Crippen LogP contribution in [0.2, 0.25) is 0 Å². The second kappa shape index (κ2) is 15.8. The van der Waals surface area contributed by atoms with Crippen molar-refractivity contribution in [3.8, 4) is 0 Å². The fourth-order valence-corrected chi connectivity index (χ4v) is 2.90. The minimum absolute atomic E-state index is 0.283. The minimum atomic E-state index is -1.20. The van der Waals surface area contributed by atoms with Crippen LogP contribution < -0.4 is 5.32 Å². The Balaban J connectivity index is 2.08. The molecule has 2 N–H and O–H groups in total. The Morgan fingerprint density at radius 2 is 1.39 bits per heavy atom. The molecule has 0 saturated carbocycles. The first kappa shape index (κ1) is 23.8. The first-order valence-electron chi connectivity index (χ1n) is 10.5. The summed E-state index contributed by atoms with van der Waals surface area (Å²) in [5.41, 5.74) is 1.99. The third-order valence-corrected chi connectivity index (χ3v) is 4.52.